The molecule has 0 spiro atoms. The maximum atomic E-state index is 11.6. The van der Waals surface area contributed by atoms with Gasteiger partial charge in [-0.3, -0.25) is 9.59 Å². The Hall–Kier alpha value is -2.70. The lowest BCUT2D eigenvalue weighted by atomic mass is 10.2. The smallest absolute Gasteiger partial charge is 0.303 e. The minimum Gasteiger partial charge on any atom is -0.481 e. The fourth-order valence-corrected chi connectivity index (χ4v) is 1.66. The molecule has 104 valence electrons. The number of anilines is 1. The van der Waals surface area contributed by atoms with Gasteiger partial charge in [-0.25, -0.2) is 9.67 Å². The van der Waals surface area contributed by atoms with Crippen molar-refractivity contribution in [3.05, 3.63) is 36.9 Å². The van der Waals surface area contributed by atoms with E-state index in [9.17, 15) is 9.59 Å². The van der Waals surface area contributed by atoms with E-state index in [2.05, 4.69) is 15.4 Å². The van der Waals surface area contributed by atoms with Gasteiger partial charge in [-0.05, 0) is 30.7 Å². The Kier molecular flexibility index (Phi) is 4.43. The summed E-state index contributed by atoms with van der Waals surface area (Å²) >= 11 is 0. The predicted molar refractivity (Wildman–Crippen MR) is 71.5 cm³/mol. The highest BCUT2D eigenvalue weighted by Crippen LogP contribution is 2.12. The highest BCUT2D eigenvalue weighted by Gasteiger charge is 2.05. The van der Waals surface area contributed by atoms with Crippen molar-refractivity contribution < 1.29 is 14.7 Å². The topological polar surface area (TPSA) is 97.1 Å². The molecule has 0 aliphatic carbocycles. The molecule has 0 saturated heterocycles. The molecule has 1 aromatic heterocycles. The van der Waals surface area contributed by atoms with Crippen molar-refractivity contribution in [2.45, 2.75) is 19.3 Å². The zero-order valence-electron chi connectivity index (χ0n) is 10.7. The molecule has 0 atom stereocenters. The van der Waals surface area contributed by atoms with Crippen molar-refractivity contribution in [2.75, 3.05) is 5.32 Å². The number of carboxylic acid groups (broad SMARTS) is 1. The third-order valence-corrected chi connectivity index (χ3v) is 2.63. The number of nitrogens with zero attached hydrogens (tertiary/aromatic N) is 3. The molecule has 2 aromatic rings. The minimum absolute atomic E-state index is 0.00133. The van der Waals surface area contributed by atoms with Gasteiger partial charge in [0.1, 0.15) is 12.7 Å². The quantitative estimate of drug-likeness (QED) is 0.831. The molecule has 0 bridgehead atoms. The molecule has 2 N–H and O–H groups in total. The standard InChI is InChI=1S/C13H14N4O3/c18-12(2-1-3-13(19)20)16-10-4-6-11(7-5-10)17-9-14-8-15-17/h4-9H,1-3H2,(H,16,18)(H,19,20). The molecular formula is C13H14N4O3. The third-order valence-electron chi connectivity index (χ3n) is 2.63. The molecule has 1 aromatic carbocycles. The normalized spacial score (nSPS) is 10.2. The van der Waals surface area contributed by atoms with E-state index in [1.807, 2.05) is 12.1 Å². The Bertz CT molecular complexity index is 578. The Morgan fingerprint density at radius 3 is 2.55 bits per heavy atom. The van der Waals surface area contributed by atoms with E-state index >= 15 is 0 Å². The van der Waals surface area contributed by atoms with Crippen LogP contribution in [0.15, 0.2) is 36.9 Å². The largest absolute Gasteiger partial charge is 0.481 e. The van der Waals surface area contributed by atoms with Crippen LogP contribution in [0, 0.1) is 0 Å². The number of aliphatic carboxylic acids is 1. The summed E-state index contributed by atoms with van der Waals surface area (Å²) in [6.45, 7) is 0. The van der Waals surface area contributed by atoms with Crippen LogP contribution in [0.4, 0.5) is 5.69 Å². The number of carbonyl (C=O) groups is 2. The molecule has 0 unspecified atom stereocenters. The fraction of sp³-hybridized carbons (Fsp3) is 0.231. The summed E-state index contributed by atoms with van der Waals surface area (Å²) in [4.78, 5) is 25.8. The van der Waals surface area contributed by atoms with E-state index in [0.29, 0.717) is 12.1 Å². The average Bonchev–Trinajstić information content (AvgIpc) is 2.93. The summed E-state index contributed by atoms with van der Waals surface area (Å²) in [6.07, 6.45) is 3.55. The van der Waals surface area contributed by atoms with E-state index in [0.717, 1.165) is 5.69 Å². The van der Waals surface area contributed by atoms with Gasteiger partial charge in [0, 0.05) is 18.5 Å². The maximum Gasteiger partial charge on any atom is 0.303 e. The Balaban J connectivity index is 1.87. The van der Waals surface area contributed by atoms with E-state index in [-0.39, 0.29) is 18.7 Å². The Morgan fingerprint density at radius 1 is 1.20 bits per heavy atom. The number of amides is 1. The zero-order chi connectivity index (χ0) is 14.4. The monoisotopic (exact) mass is 274 g/mol. The molecule has 0 aliphatic rings. The van der Waals surface area contributed by atoms with Crippen LogP contribution in [0.2, 0.25) is 0 Å². The number of aromatic nitrogens is 3. The molecule has 20 heavy (non-hydrogen) atoms. The summed E-state index contributed by atoms with van der Waals surface area (Å²) < 4.78 is 1.61. The maximum absolute atomic E-state index is 11.6. The molecule has 7 heteroatoms. The van der Waals surface area contributed by atoms with E-state index in [4.69, 9.17) is 5.11 Å². The first-order valence-corrected chi connectivity index (χ1v) is 6.12. The molecule has 1 amide bonds. The summed E-state index contributed by atoms with van der Waals surface area (Å²) in [7, 11) is 0. The van der Waals surface area contributed by atoms with Crippen molar-refractivity contribution >= 4 is 17.6 Å². The highest BCUT2D eigenvalue weighted by atomic mass is 16.4. The second-order valence-electron chi connectivity index (χ2n) is 4.18. The van der Waals surface area contributed by atoms with Gasteiger partial charge in [-0.15, -0.1) is 0 Å². The molecule has 7 nitrogen and oxygen atoms in total. The second-order valence-corrected chi connectivity index (χ2v) is 4.18. The lowest BCUT2D eigenvalue weighted by Gasteiger charge is -2.06. The van der Waals surface area contributed by atoms with Gasteiger partial charge in [0.25, 0.3) is 0 Å². The molecular weight excluding hydrogens is 260 g/mol. The average molecular weight is 274 g/mol. The van der Waals surface area contributed by atoms with Crippen LogP contribution < -0.4 is 5.32 Å². The summed E-state index contributed by atoms with van der Waals surface area (Å²) in [5.74, 6) is -1.09. The van der Waals surface area contributed by atoms with Gasteiger partial charge < -0.3 is 10.4 Å². The molecule has 1 heterocycles. The van der Waals surface area contributed by atoms with Crippen molar-refractivity contribution in [3.8, 4) is 5.69 Å². The third kappa shape index (κ3) is 3.91. The Labute approximate surface area is 115 Å². The van der Waals surface area contributed by atoms with Crippen molar-refractivity contribution in [1.82, 2.24) is 14.8 Å². The minimum atomic E-state index is -0.894. The highest BCUT2D eigenvalue weighted by molar-refractivity contribution is 5.90. The number of carboxylic acids is 1. The van der Waals surface area contributed by atoms with Crippen molar-refractivity contribution in [3.63, 3.8) is 0 Å². The van der Waals surface area contributed by atoms with E-state index < -0.39 is 5.97 Å². The SMILES string of the molecule is O=C(O)CCCC(=O)Nc1ccc(-n2cncn2)cc1. The predicted octanol–water partition coefficient (Wildman–Crippen LogP) is 1.46. The first-order valence-electron chi connectivity index (χ1n) is 6.12. The van der Waals surface area contributed by atoms with Gasteiger partial charge in [-0.2, -0.15) is 5.10 Å². The van der Waals surface area contributed by atoms with Gasteiger partial charge in [-0.1, -0.05) is 0 Å². The molecule has 0 saturated carbocycles. The van der Waals surface area contributed by atoms with Crippen LogP contribution in [-0.4, -0.2) is 31.7 Å². The lowest BCUT2D eigenvalue weighted by molar-refractivity contribution is -0.137. The second kappa shape index (κ2) is 6.46. The van der Waals surface area contributed by atoms with Gasteiger partial charge in [0.15, 0.2) is 0 Å². The van der Waals surface area contributed by atoms with Crippen LogP contribution >= 0.6 is 0 Å². The summed E-state index contributed by atoms with van der Waals surface area (Å²) in [6, 6.07) is 7.13. The number of hydrogen-bond acceptors (Lipinski definition) is 4. The van der Waals surface area contributed by atoms with Crippen molar-refractivity contribution in [1.29, 1.82) is 0 Å². The molecule has 2 rings (SSSR count). The summed E-state index contributed by atoms with van der Waals surface area (Å²) in [5, 5.41) is 15.2. The van der Waals surface area contributed by atoms with E-state index in [1.54, 1.807) is 23.1 Å². The number of benzene rings is 1. The van der Waals surface area contributed by atoms with Gasteiger partial charge >= 0.3 is 5.97 Å². The van der Waals surface area contributed by atoms with Crippen LogP contribution in [0.5, 0.6) is 0 Å². The first kappa shape index (κ1) is 13.7. The van der Waals surface area contributed by atoms with Crippen LogP contribution in [-0.2, 0) is 9.59 Å². The number of nitrogens with one attached hydrogen (secondary N) is 1. The lowest BCUT2D eigenvalue weighted by Crippen LogP contribution is -2.11. The number of hydrogen-bond donors (Lipinski definition) is 2. The van der Waals surface area contributed by atoms with Gasteiger partial charge in [0.05, 0.1) is 5.69 Å². The zero-order valence-corrected chi connectivity index (χ0v) is 10.7. The first-order chi connectivity index (χ1) is 9.65. The molecule has 0 radical (unpaired) electrons. The van der Waals surface area contributed by atoms with Gasteiger partial charge in [0.2, 0.25) is 5.91 Å². The number of carbonyl (C=O) groups excluding carboxylic acids is 1. The summed E-state index contributed by atoms with van der Waals surface area (Å²) in [5.41, 5.74) is 1.50. The molecule has 0 aliphatic heterocycles. The van der Waals surface area contributed by atoms with Crippen molar-refractivity contribution in [2.24, 2.45) is 0 Å². The van der Waals surface area contributed by atoms with Crippen LogP contribution in [0.1, 0.15) is 19.3 Å². The fourth-order valence-electron chi connectivity index (χ4n) is 1.66. The Morgan fingerprint density at radius 2 is 1.95 bits per heavy atom. The molecule has 0 fully saturated rings. The van der Waals surface area contributed by atoms with Crippen LogP contribution in [0.25, 0.3) is 5.69 Å². The van der Waals surface area contributed by atoms with E-state index in [1.165, 1.54) is 6.33 Å². The number of rotatable bonds is 6. The van der Waals surface area contributed by atoms with Crippen LogP contribution in [0.3, 0.4) is 0 Å².